The number of phenolic OH excluding ortho intramolecular Hbond substituents is 1. The first-order chi connectivity index (χ1) is 9.00. The number of hydrogen-bond donors (Lipinski definition) is 2. The second kappa shape index (κ2) is 7.56. The van der Waals surface area contributed by atoms with Crippen molar-refractivity contribution in [1.29, 1.82) is 0 Å². The minimum atomic E-state index is -0.777. The van der Waals surface area contributed by atoms with E-state index in [-0.39, 0.29) is 18.0 Å². The van der Waals surface area contributed by atoms with Crippen LogP contribution in [0, 0.1) is 6.92 Å². The van der Waals surface area contributed by atoms with E-state index in [0.717, 1.165) is 24.8 Å². The van der Waals surface area contributed by atoms with Crippen molar-refractivity contribution in [1.82, 2.24) is 0 Å². The van der Waals surface area contributed by atoms with E-state index in [1.807, 2.05) is 6.92 Å². The van der Waals surface area contributed by atoms with Gasteiger partial charge in [-0.1, -0.05) is 18.9 Å². The van der Waals surface area contributed by atoms with Gasteiger partial charge in [-0.2, -0.15) is 0 Å². The number of hydrogen-bond acceptors (Lipinski definition) is 3. The number of aliphatic carboxylic acids is 1. The number of phenols is 1. The summed E-state index contributed by atoms with van der Waals surface area (Å²) in [6.45, 7) is 1.86. The summed E-state index contributed by atoms with van der Waals surface area (Å²) < 4.78 is 0. The number of aromatic hydroxyl groups is 1. The number of carbonyl (C=O) groups is 2. The van der Waals surface area contributed by atoms with Gasteiger partial charge in [0, 0.05) is 12.8 Å². The van der Waals surface area contributed by atoms with Gasteiger partial charge in [0.1, 0.15) is 5.75 Å². The van der Waals surface area contributed by atoms with E-state index >= 15 is 0 Å². The molecule has 0 aliphatic heterocycles. The molecule has 0 amide bonds. The SMILES string of the molecule is Cc1ccc(C(=O)CCCCCCC(=O)O)c(O)c1. The zero-order chi connectivity index (χ0) is 14.3. The third-order valence-corrected chi connectivity index (χ3v) is 3.00. The predicted octanol–water partition coefficient (Wildman–Crippen LogP) is 3.31. The number of carboxylic acids is 1. The van der Waals surface area contributed by atoms with E-state index in [4.69, 9.17) is 5.11 Å². The van der Waals surface area contributed by atoms with Crippen molar-refractivity contribution in [3.05, 3.63) is 29.3 Å². The van der Waals surface area contributed by atoms with Crippen LogP contribution < -0.4 is 0 Å². The molecule has 0 unspecified atom stereocenters. The number of Topliss-reactive ketones (excluding diaryl/α,β-unsaturated/α-hetero) is 1. The van der Waals surface area contributed by atoms with Crippen LogP contribution in [0.15, 0.2) is 18.2 Å². The Morgan fingerprint density at radius 1 is 1.05 bits per heavy atom. The largest absolute Gasteiger partial charge is 0.507 e. The van der Waals surface area contributed by atoms with Gasteiger partial charge >= 0.3 is 5.97 Å². The van der Waals surface area contributed by atoms with E-state index in [0.29, 0.717) is 18.4 Å². The van der Waals surface area contributed by atoms with Crippen LogP contribution in [0.3, 0.4) is 0 Å². The molecule has 0 aromatic heterocycles. The maximum atomic E-state index is 11.9. The second-order valence-corrected chi connectivity index (χ2v) is 4.75. The fourth-order valence-electron chi connectivity index (χ4n) is 1.93. The Kier molecular flexibility index (Phi) is 6.06. The maximum absolute atomic E-state index is 11.9. The molecule has 0 aliphatic carbocycles. The van der Waals surface area contributed by atoms with Crippen LogP contribution in [0.4, 0.5) is 0 Å². The fourth-order valence-corrected chi connectivity index (χ4v) is 1.93. The normalized spacial score (nSPS) is 10.4. The third kappa shape index (κ3) is 5.55. The molecular weight excluding hydrogens is 244 g/mol. The van der Waals surface area contributed by atoms with Crippen molar-refractivity contribution < 1.29 is 19.8 Å². The quantitative estimate of drug-likeness (QED) is 0.558. The molecule has 4 nitrogen and oxygen atoms in total. The smallest absolute Gasteiger partial charge is 0.303 e. The van der Waals surface area contributed by atoms with Gasteiger partial charge in [0.15, 0.2) is 5.78 Å². The minimum absolute atomic E-state index is 0.0378. The topological polar surface area (TPSA) is 74.6 Å². The van der Waals surface area contributed by atoms with Crippen LogP contribution in [-0.2, 0) is 4.79 Å². The first-order valence-electron chi connectivity index (χ1n) is 6.55. The Hall–Kier alpha value is -1.84. The molecule has 1 aromatic carbocycles. The Balaban J connectivity index is 2.29. The second-order valence-electron chi connectivity index (χ2n) is 4.75. The summed E-state index contributed by atoms with van der Waals surface area (Å²) in [5, 5.41) is 18.2. The summed E-state index contributed by atoms with van der Waals surface area (Å²) in [6.07, 6.45) is 3.62. The molecule has 0 radical (unpaired) electrons. The molecular formula is C15H20O4. The van der Waals surface area contributed by atoms with Crippen LogP contribution in [0.1, 0.15) is 54.4 Å². The lowest BCUT2D eigenvalue weighted by Crippen LogP contribution is -2.00. The maximum Gasteiger partial charge on any atom is 0.303 e. The Labute approximate surface area is 113 Å². The van der Waals surface area contributed by atoms with Crippen molar-refractivity contribution in [2.24, 2.45) is 0 Å². The molecule has 1 rings (SSSR count). The van der Waals surface area contributed by atoms with Crippen LogP contribution in [0.2, 0.25) is 0 Å². The third-order valence-electron chi connectivity index (χ3n) is 3.00. The molecule has 1 aromatic rings. The van der Waals surface area contributed by atoms with Gasteiger partial charge in [-0.3, -0.25) is 9.59 Å². The Morgan fingerprint density at radius 2 is 1.68 bits per heavy atom. The van der Waals surface area contributed by atoms with Gasteiger partial charge in [-0.15, -0.1) is 0 Å². The number of rotatable bonds is 8. The van der Waals surface area contributed by atoms with Gasteiger partial charge in [-0.25, -0.2) is 0 Å². The number of benzene rings is 1. The summed E-state index contributed by atoms with van der Waals surface area (Å²) in [5.74, 6) is -0.799. The molecule has 19 heavy (non-hydrogen) atoms. The zero-order valence-corrected chi connectivity index (χ0v) is 11.2. The molecule has 0 saturated carbocycles. The average molecular weight is 264 g/mol. The first kappa shape index (κ1) is 15.2. The van der Waals surface area contributed by atoms with Crippen molar-refractivity contribution in [3.8, 4) is 5.75 Å². The van der Waals surface area contributed by atoms with Crippen molar-refractivity contribution in [3.63, 3.8) is 0 Å². The van der Waals surface area contributed by atoms with Crippen LogP contribution in [-0.4, -0.2) is 22.0 Å². The van der Waals surface area contributed by atoms with E-state index in [1.54, 1.807) is 18.2 Å². The van der Waals surface area contributed by atoms with Crippen molar-refractivity contribution in [2.75, 3.05) is 0 Å². The lowest BCUT2D eigenvalue weighted by atomic mass is 10.0. The molecule has 4 heteroatoms. The van der Waals surface area contributed by atoms with Crippen molar-refractivity contribution >= 4 is 11.8 Å². The molecule has 0 bridgehead atoms. The summed E-state index contributed by atoms with van der Waals surface area (Å²) >= 11 is 0. The molecule has 0 aliphatic rings. The standard InChI is InChI=1S/C15H20O4/c1-11-8-9-12(14(17)10-11)13(16)6-4-2-3-5-7-15(18)19/h8-10,17H,2-7H2,1H3,(H,18,19). The lowest BCUT2D eigenvalue weighted by molar-refractivity contribution is -0.137. The molecule has 0 saturated heterocycles. The monoisotopic (exact) mass is 264 g/mol. The van der Waals surface area contributed by atoms with Crippen molar-refractivity contribution in [2.45, 2.75) is 45.4 Å². The highest BCUT2D eigenvalue weighted by Crippen LogP contribution is 2.21. The molecule has 0 fully saturated rings. The first-order valence-corrected chi connectivity index (χ1v) is 6.55. The lowest BCUT2D eigenvalue weighted by Gasteiger charge is -2.04. The highest BCUT2D eigenvalue weighted by Gasteiger charge is 2.10. The van der Waals surface area contributed by atoms with Gasteiger partial charge in [0.2, 0.25) is 0 Å². The number of unbranched alkanes of at least 4 members (excludes halogenated alkanes) is 3. The number of ketones is 1. The van der Waals surface area contributed by atoms with Crippen LogP contribution in [0.5, 0.6) is 5.75 Å². The predicted molar refractivity (Wildman–Crippen MR) is 72.5 cm³/mol. The highest BCUT2D eigenvalue weighted by atomic mass is 16.4. The van der Waals surface area contributed by atoms with Gasteiger partial charge in [0.05, 0.1) is 5.56 Å². The summed E-state index contributed by atoms with van der Waals surface area (Å²) in [6, 6.07) is 5.04. The van der Waals surface area contributed by atoms with Gasteiger partial charge in [0.25, 0.3) is 0 Å². The van der Waals surface area contributed by atoms with Gasteiger partial charge < -0.3 is 10.2 Å². The molecule has 0 heterocycles. The summed E-state index contributed by atoms with van der Waals surface area (Å²) in [7, 11) is 0. The number of carbonyl (C=O) groups excluding carboxylic acids is 1. The number of carboxylic acid groups (broad SMARTS) is 1. The number of aryl methyl sites for hydroxylation is 1. The average Bonchev–Trinajstić information content (AvgIpc) is 2.32. The fraction of sp³-hybridized carbons (Fsp3) is 0.467. The molecule has 0 atom stereocenters. The van der Waals surface area contributed by atoms with E-state index < -0.39 is 5.97 Å². The van der Waals surface area contributed by atoms with Crippen LogP contribution >= 0.6 is 0 Å². The van der Waals surface area contributed by atoms with E-state index in [1.165, 1.54) is 0 Å². The van der Waals surface area contributed by atoms with Gasteiger partial charge in [-0.05, 0) is 37.5 Å². The molecule has 0 spiro atoms. The zero-order valence-electron chi connectivity index (χ0n) is 11.2. The summed E-state index contributed by atoms with van der Waals surface area (Å²) in [4.78, 5) is 22.2. The van der Waals surface area contributed by atoms with Crippen LogP contribution in [0.25, 0.3) is 0 Å². The highest BCUT2D eigenvalue weighted by molar-refractivity contribution is 5.98. The van der Waals surface area contributed by atoms with E-state index in [9.17, 15) is 14.7 Å². The molecule has 104 valence electrons. The van der Waals surface area contributed by atoms with E-state index in [2.05, 4.69) is 0 Å². The minimum Gasteiger partial charge on any atom is -0.507 e. The molecule has 2 N–H and O–H groups in total. The summed E-state index contributed by atoms with van der Waals surface area (Å²) in [5.41, 5.74) is 1.29. The Morgan fingerprint density at radius 3 is 2.26 bits per heavy atom. The Bertz CT molecular complexity index is 451.